The van der Waals surface area contributed by atoms with Crippen molar-refractivity contribution in [3.63, 3.8) is 0 Å². The molecule has 2 amide bonds. The Bertz CT molecular complexity index is 626. The molecule has 1 atom stereocenters. The maximum Gasteiger partial charge on any atom is 0.254 e. The van der Waals surface area contributed by atoms with Crippen LogP contribution in [0.25, 0.3) is 0 Å². The summed E-state index contributed by atoms with van der Waals surface area (Å²) in [6.45, 7) is 2.94. The van der Waals surface area contributed by atoms with Gasteiger partial charge in [0.25, 0.3) is 5.91 Å². The quantitative estimate of drug-likeness (QED) is 0.840. The molecule has 0 spiro atoms. The van der Waals surface area contributed by atoms with Crippen LogP contribution >= 0.6 is 12.4 Å². The number of piperidine rings is 1. The van der Waals surface area contributed by atoms with Gasteiger partial charge in [0, 0.05) is 23.8 Å². The van der Waals surface area contributed by atoms with Gasteiger partial charge in [-0.25, -0.2) is 0 Å². The van der Waals surface area contributed by atoms with E-state index in [0.29, 0.717) is 17.3 Å². The molecule has 1 aliphatic heterocycles. The van der Waals surface area contributed by atoms with Crippen molar-refractivity contribution in [1.29, 1.82) is 0 Å². The molecule has 1 saturated carbocycles. The molecular weight excluding hydrogens is 350 g/mol. The van der Waals surface area contributed by atoms with Gasteiger partial charge < -0.3 is 16.0 Å². The predicted octanol–water partition coefficient (Wildman–Crippen LogP) is 3.72. The summed E-state index contributed by atoms with van der Waals surface area (Å²) in [5.74, 6) is -0.0384. The van der Waals surface area contributed by atoms with Gasteiger partial charge in [-0.2, -0.15) is 0 Å². The zero-order chi connectivity index (χ0) is 17.9. The molecule has 3 N–H and O–H groups in total. The SMILES string of the molecule is CC1CCCCN1C(=O)c1ccc(NC(=O)C2(N)CCCCC2)cc1.Cl. The minimum absolute atomic E-state index is 0. The number of anilines is 1. The van der Waals surface area contributed by atoms with Crippen LogP contribution in [0, 0.1) is 0 Å². The number of likely N-dealkylation sites (tertiary alicyclic amines) is 1. The number of carbonyl (C=O) groups is 2. The topological polar surface area (TPSA) is 75.4 Å². The normalized spacial score (nSPS) is 22.2. The second-order valence-electron chi connectivity index (χ2n) is 7.59. The largest absolute Gasteiger partial charge is 0.336 e. The molecule has 2 fully saturated rings. The highest BCUT2D eigenvalue weighted by Crippen LogP contribution is 2.27. The van der Waals surface area contributed by atoms with Crippen molar-refractivity contribution in [2.75, 3.05) is 11.9 Å². The van der Waals surface area contributed by atoms with E-state index in [4.69, 9.17) is 5.73 Å². The smallest absolute Gasteiger partial charge is 0.254 e. The summed E-state index contributed by atoms with van der Waals surface area (Å²) in [6.07, 6.45) is 7.97. The van der Waals surface area contributed by atoms with Crippen LogP contribution in [0.15, 0.2) is 24.3 Å². The molecule has 2 aliphatic rings. The monoisotopic (exact) mass is 379 g/mol. The minimum atomic E-state index is -0.754. The molecule has 0 aromatic heterocycles. The lowest BCUT2D eigenvalue weighted by atomic mass is 9.82. The molecule has 6 heteroatoms. The molecule has 1 aromatic carbocycles. The van der Waals surface area contributed by atoms with Crippen molar-refractivity contribution in [3.05, 3.63) is 29.8 Å². The number of carbonyl (C=O) groups excluding carboxylic acids is 2. The number of nitrogens with one attached hydrogen (secondary N) is 1. The molecule has 144 valence electrons. The first-order valence-electron chi connectivity index (χ1n) is 9.51. The second kappa shape index (κ2) is 8.87. The molecule has 1 aromatic rings. The lowest BCUT2D eigenvalue weighted by molar-refractivity contribution is -0.122. The molecule has 1 unspecified atom stereocenters. The number of benzene rings is 1. The van der Waals surface area contributed by atoms with Crippen LogP contribution < -0.4 is 11.1 Å². The Balaban J connectivity index is 0.00000243. The molecule has 3 rings (SSSR count). The van der Waals surface area contributed by atoms with Gasteiger partial charge >= 0.3 is 0 Å². The van der Waals surface area contributed by atoms with E-state index in [-0.39, 0.29) is 24.2 Å². The standard InChI is InChI=1S/C20H29N3O2.ClH/c1-15-7-3-6-14-23(15)18(24)16-8-10-17(11-9-16)22-19(25)20(21)12-4-2-5-13-20;/h8-11,15H,2-7,12-14,21H2,1H3,(H,22,25);1H. The lowest BCUT2D eigenvalue weighted by Crippen LogP contribution is -2.52. The van der Waals surface area contributed by atoms with Crippen molar-refractivity contribution in [2.45, 2.75) is 69.9 Å². The maximum atomic E-state index is 12.7. The number of rotatable bonds is 3. The van der Waals surface area contributed by atoms with Gasteiger partial charge in [0.1, 0.15) is 0 Å². The van der Waals surface area contributed by atoms with Crippen molar-refractivity contribution < 1.29 is 9.59 Å². The Morgan fingerprint density at radius 1 is 1.08 bits per heavy atom. The summed E-state index contributed by atoms with van der Waals surface area (Å²) in [5, 5.41) is 2.92. The van der Waals surface area contributed by atoms with Crippen molar-refractivity contribution in [1.82, 2.24) is 4.90 Å². The Hall–Kier alpha value is -1.59. The minimum Gasteiger partial charge on any atom is -0.336 e. The third-order valence-corrected chi connectivity index (χ3v) is 5.65. The summed E-state index contributed by atoms with van der Waals surface area (Å²) in [7, 11) is 0. The van der Waals surface area contributed by atoms with E-state index >= 15 is 0 Å². The molecule has 5 nitrogen and oxygen atoms in total. The first-order chi connectivity index (χ1) is 12.0. The van der Waals surface area contributed by atoms with E-state index in [1.165, 1.54) is 6.42 Å². The van der Waals surface area contributed by atoms with Gasteiger partial charge in [0.05, 0.1) is 5.54 Å². The zero-order valence-corrected chi connectivity index (χ0v) is 16.3. The molecule has 26 heavy (non-hydrogen) atoms. The van der Waals surface area contributed by atoms with Gasteiger partial charge in [-0.15, -0.1) is 12.4 Å². The second-order valence-corrected chi connectivity index (χ2v) is 7.59. The van der Waals surface area contributed by atoms with Gasteiger partial charge in [-0.05, 0) is 63.3 Å². The van der Waals surface area contributed by atoms with Crippen molar-refractivity contribution in [3.8, 4) is 0 Å². The van der Waals surface area contributed by atoms with E-state index < -0.39 is 5.54 Å². The summed E-state index contributed by atoms with van der Waals surface area (Å²) in [5.41, 5.74) is 6.89. The van der Waals surface area contributed by atoms with Crippen LogP contribution in [0.4, 0.5) is 5.69 Å². The van der Waals surface area contributed by atoms with E-state index in [9.17, 15) is 9.59 Å². The fourth-order valence-corrected chi connectivity index (χ4v) is 3.93. The molecule has 0 bridgehead atoms. The molecule has 1 saturated heterocycles. The molecular formula is C20H30ClN3O2. The Labute approximate surface area is 162 Å². The van der Waals surface area contributed by atoms with Crippen molar-refractivity contribution >= 4 is 29.9 Å². The first kappa shape index (κ1) is 20.7. The van der Waals surface area contributed by atoms with Crippen molar-refractivity contribution in [2.24, 2.45) is 5.73 Å². The molecule has 1 aliphatic carbocycles. The summed E-state index contributed by atoms with van der Waals surface area (Å²) in [4.78, 5) is 27.1. The van der Waals surface area contributed by atoms with Crippen LogP contribution in [-0.2, 0) is 4.79 Å². The number of hydrogen-bond donors (Lipinski definition) is 2. The van der Waals surface area contributed by atoms with Crippen LogP contribution in [-0.4, -0.2) is 34.8 Å². The summed E-state index contributed by atoms with van der Waals surface area (Å²) >= 11 is 0. The predicted molar refractivity (Wildman–Crippen MR) is 107 cm³/mol. The highest BCUT2D eigenvalue weighted by molar-refractivity contribution is 5.99. The Morgan fingerprint density at radius 3 is 2.35 bits per heavy atom. The number of halogens is 1. The number of nitrogens with two attached hydrogens (primary N) is 1. The average Bonchev–Trinajstić information content (AvgIpc) is 2.63. The Morgan fingerprint density at radius 2 is 1.73 bits per heavy atom. The number of amides is 2. The third kappa shape index (κ3) is 4.57. The molecule has 0 radical (unpaired) electrons. The first-order valence-corrected chi connectivity index (χ1v) is 9.51. The lowest BCUT2D eigenvalue weighted by Gasteiger charge is -2.33. The van der Waals surface area contributed by atoms with Gasteiger partial charge in [-0.1, -0.05) is 19.3 Å². The van der Waals surface area contributed by atoms with Gasteiger partial charge in [-0.3, -0.25) is 9.59 Å². The van der Waals surface area contributed by atoms with E-state index in [1.54, 1.807) is 24.3 Å². The van der Waals surface area contributed by atoms with E-state index in [0.717, 1.165) is 51.5 Å². The number of nitrogens with zero attached hydrogens (tertiary/aromatic N) is 1. The third-order valence-electron chi connectivity index (χ3n) is 5.65. The average molecular weight is 380 g/mol. The van der Waals surface area contributed by atoms with Crippen LogP contribution in [0.5, 0.6) is 0 Å². The summed E-state index contributed by atoms with van der Waals surface area (Å²) < 4.78 is 0. The summed E-state index contributed by atoms with van der Waals surface area (Å²) in [6, 6.07) is 7.48. The maximum absolute atomic E-state index is 12.7. The highest BCUT2D eigenvalue weighted by Gasteiger charge is 2.35. The number of hydrogen-bond acceptors (Lipinski definition) is 3. The fourth-order valence-electron chi connectivity index (χ4n) is 3.93. The van der Waals surface area contributed by atoms with Gasteiger partial charge in [0.15, 0.2) is 0 Å². The van der Waals surface area contributed by atoms with Crippen LogP contribution in [0.2, 0.25) is 0 Å². The van der Waals surface area contributed by atoms with Crippen LogP contribution in [0.3, 0.4) is 0 Å². The van der Waals surface area contributed by atoms with E-state index in [2.05, 4.69) is 12.2 Å². The zero-order valence-electron chi connectivity index (χ0n) is 15.5. The van der Waals surface area contributed by atoms with E-state index in [1.807, 2.05) is 4.90 Å². The van der Waals surface area contributed by atoms with Gasteiger partial charge in [0.2, 0.25) is 5.91 Å². The highest BCUT2D eigenvalue weighted by atomic mass is 35.5. The Kier molecular flexibility index (Phi) is 7.07. The van der Waals surface area contributed by atoms with Crippen LogP contribution in [0.1, 0.15) is 68.6 Å². The molecule has 1 heterocycles. The fraction of sp³-hybridized carbons (Fsp3) is 0.600.